The summed E-state index contributed by atoms with van der Waals surface area (Å²) in [7, 11) is 0. The summed E-state index contributed by atoms with van der Waals surface area (Å²) in [5.74, 6) is 1.47. The second-order valence-corrected chi connectivity index (χ2v) is 10.9. The average molecular weight is 460 g/mol. The zero-order valence-corrected chi connectivity index (χ0v) is 21.1. The van der Waals surface area contributed by atoms with Gasteiger partial charge in [0.1, 0.15) is 0 Å². The van der Waals surface area contributed by atoms with Crippen LogP contribution in [0.25, 0.3) is 0 Å². The number of piperidine rings is 1. The minimum Gasteiger partial charge on any atom is -0.339 e. The fraction of sp³-hybridized carbons (Fsp3) is 0.567. The van der Waals surface area contributed by atoms with Crippen LogP contribution >= 0.6 is 0 Å². The van der Waals surface area contributed by atoms with Crippen LogP contribution in [0.5, 0.6) is 0 Å². The number of aryl methyl sites for hydroxylation is 1. The Balaban J connectivity index is 1.45. The van der Waals surface area contributed by atoms with Gasteiger partial charge in [0.15, 0.2) is 0 Å². The molecule has 4 atom stereocenters. The molecule has 2 N–H and O–H groups in total. The lowest BCUT2D eigenvalue weighted by atomic mass is 9.67. The van der Waals surface area contributed by atoms with E-state index >= 15 is 0 Å². The molecule has 2 saturated heterocycles. The highest BCUT2D eigenvalue weighted by Crippen LogP contribution is 2.43. The number of hydrogen-bond acceptors (Lipinski definition) is 3. The predicted molar refractivity (Wildman–Crippen MR) is 139 cm³/mol. The van der Waals surface area contributed by atoms with Crippen LogP contribution in [0.1, 0.15) is 67.7 Å². The molecule has 34 heavy (non-hydrogen) atoms. The van der Waals surface area contributed by atoms with Gasteiger partial charge in [-0.3, -0.25) is 4.79 Å². The van der Waals surface area contributed by atoms with Gasteiger partial charge in [-0.15, -0.1) is 0 Å². The van der Waals surface area contributed by atoms with E-state index in [1.807, 2.05) is 0 Å². The second kappa shape index (κ2) is 9.83. The standard InChI is InChI=1S/C30H41N3O/c1-4-22(5-2)28-16-24(23-9-7-6-8-10-23)13-14-33(28)29(34)27-18-32-20-30(27)19-31-17-25-15-21(3)11-12-26(25)30/h6-12,15,22,24,27-28,31-32H,4-5,13-14,16-20H2,1-3H3/t24-,27-,28+,30-/m1/s1. The van der Waals surface area contributed by atoms with E-state index in [9.17, 15) is 4.79 Å². The molecule has 0 bridgehead atoms. The molecule has 3 heterocycles. The predicted octanol–water partition coefficient (Wildman–Crippen LogP) is 4.77. The number of likely N-dealkylation sites (tertiary alicyclic amines) is 1. The topological polar surface area (TPSA) is 44.4 Å². The molecule has 0 saturated carbocycles. The van der Waals surface area contributed by atoms with Gasteiger partial charge in [0, 0.05) is 44.2 Å². The Morgan fingerprint density at radius 2 is 1.85 bits per heavy atom. The smallest absolute Gasteiger partial charge is 0.228 e. The summed E-state index contributed by atoms with van der Waals surface area (Å²) in [6.45, 7) is 11.1. The molecule has 182 valence electrons. The Morgan fingerprint density at radius 3 is 2.62 bits per heavy atom. The van der Waals surface area contributed by atoms with Crippen molar-refractivity contribution in [3.63, 3.8) is 0 Å². The van der Waals surface area contributed by atoms with Gasteiger partial charge in [0.2, 0.25) is 5.91 Å². The number of nitrogens with zero attached hydrogens (tertiary/aromatic N) is 1. The van der Waals surface area contributed by atoms with Crippen molar-refractivity contribution >= 4 is 5.91 Å². The molecular formula is C30H41N3O. The molecule has 1 spiro atoms. The Morgan fingerprint density at radius 1 is 1.09 bits per heavy atom. The minimum absolute atomic E-state index is 0.00751. The molecule has 2 fully saturated rings. The summed E-state index contributed by atoms with van der Waals surface area (Å²) in [5.41, 5.74) is 5.34. The van der Waals surface area contributed by atoms with Gasteiger partial charge in [0.05, 0.1) is 5.92 Å². The summed E-state index contributed by atoms with van der Waals surface area (Å²) in [5, 5.41) is 7.29. The maximum atomic E-state index is 14.4. The molecule has 1 amide bonds. The van der Waals surface area contributed by atoms with Crippen LogP contribution in [0.3, 0.4) is 0 Å². The van der Waals surface area contributed by atoms with Crippen LogP contribution in [0.4, 0.5) is 0 Å². The second-order valence-electron chi connectivity index (χ2n) is 10.9. The SMILES string of the molecule is CCC(CC)[C@@H]1C[C@H](c2ccccc2)CCN1C(=O)[C@H]1CNC[C@@]12CNCc1cc(C)ccc12. The van der Waals surface area contributed by atoms with Gasteiger partial charge < -0.3 is 15.5 Å². The highest BCUT2D eigenvalue weighted by atomic mass is 16.2. The van der Waals surface area contributed by atoms with Gasteiger partial charge in [-0.05, 0) is 48.3 Å². The molecule has 0 aliphatic carbocycles. The van der Waals surface area contributed by atoms with E-state index in [0.29, 0.717) is 23.8 Å². The van der Waals surface area contributed by atoms with Crippen molar-refractivity contribution in [2.75, 3.05) is 26.2 Å². The van der Waals surface area contributed by atoms with Gasteiger partial charge in [0.25, 0.3) is 0 Å². The molecule has 0 aromatic heterocycles. The zero-order chi connectivity index (χ0) is 23.7. The molecule has 4 heteroatoms. The molecular weight excluding hydrogens is 418 g/mol. The molecule has 5 rings (SSSR count). The fourth-order valence-corrected chi connectivity index (χ4v) is 7.20. The maximum absolute atomic E-state index is 14.4. The molecule has 3 aliphatic rings. The van der Waals surface area contributed by atoms with E-state index in [1.54, 1.807) is 0 Å². The van der Waals surface area contributed by atoms with Gasteiger partial charge in [-0.2, -0.15) is 0 Å². The molecule has 0 radical (unpaired) electrons. The van der Waals surface area contributed by atoms with Gasteiger partial charge in [-0.25, -0.2) is 0 Å². The van der Waals surface area contributed by atoms with Crippen LogP contribution in [0.2, 0.25) is 0 Å². The first-order chi connectivity index (χ1) is 16.6. The van der Waals surface area contributed by atoms with E-state index in [2.05, 4.69) is 84.8 Å². The normalized spacial score (nSPS) is 28.9. The number of benzene rings is 2. The van der Waals surface area contributed by atoms with Crippen LogP contribution < -0.4 is 10.6 Å². The van der Waals surface area contributed by atoms with E-state index in [1.165, 1.54) is 22.3 Å². The summed E-state index contributed by atoms with van der Waals surface area (Å²) < 4.78 is 0. The highest BCUT2D eigenvalue weighted by molar-refractivity contribution is 5.82. The summed E-state index contributed by atoms with van der Waals surface area (Å²) >= 11 is 0. The van der Waals surface area contributed by atoms with Gasteiger partial charge >= 0.3 is 0 Å². The average Bonchev–Trinajstić information content (AvgIpc) is 3.28. The molecule has 3 aliphatic heterocycles. The summed E-state index contributed by atoms with van der Waals surface area (Å²) in [4.78, 5) is 16.7. The van der Waals surface area contributed by atoms with Crippen molar-refractivity contribution in [3.8, 4) is 0 Å². The van der Waals surface area contributed by atoms with E-state index in [0.717, 1.165) is 58.4 Å². The summed E-state index contributed by atoms with van der Waals surface area (Å²) in [6, 6.07) is 18.1. The van der Waals surface area contributed by atoms with Crippen LogP contribution in [0, 0.1) is 18.8 Å². The number of rotatable bonds is 5. The van der Waals surface area contributed by atoms with Crippen molar-refractivity contribution in [1.82, 2.24) is 15.5 Å². The number of carbonyl (C=O) groups is 1. The first kappa shape index (κ1) is 23.6. The first-order valence-corrected chi connectivity index (χ1v) is 13.4. The molecule has 2 aromatic rings. The lowest BCUT2D eigenvalue weighted by Gasteiger charge is -2.47. The fourth-order valence-electron chi connectivity index (χ4n) is 7.20. The number of nitrogens with one attached hydrogen (secondary N) is 2. The third kappa shape index (κ3) is 4.09. The largest absolute Gasteiger partial charge is 0.339 e. The van der Waals surface area contributed by atoms with Crippen molar-refractivity contribution in [1.29, 1.82) is 0 Å². The van der Waals surface area contributed by atoms with E-state index in [4.69, 9.17) is 0 Å². The van der Waals surface area contributed by atoms with Crippen molar-refractivity contribution in [3.05, 3.63) is 70.8 Å². The lowest BCUT2D eigenvalue weighted by Crippen LogP contribution is -2.57. The third-order valence-electron chi connectivity index (χ3n) is 9.10. The minimum atomic E-state index is -0.146. The number of hydrogen-bond donors (Lipinski definition) is 2. The maximum Gasteiger partial charge on any atom is 0.228 e. The quantitative estimate of drug-likeness (QED) is 0.677. The van der Waals surface area contributed by atoms with Gasteiger partial charge in [-0.1, -0.05) is 80.8 Å². The Kier molecular flexibility index (Phi) is 6.81. The monoisotopic (exact) mass is 459 g/mol. The number of carbonyl (C=O) groups excluding carboxylic acids is 1. The third-order valence-corrected chi connectivity index (χ3v) is 9.10. The Labute approximate surface area is 205 Å². The van der Waals surface area contributed by atoms with Crippen molar-refractivity contribution in [2.24, 2.45) is 11.8 Å². The molecule has 4 nitrogen and oxygen atoms in total. The Hall–Kier alpha value is -2.17. The van der Waals surface area contributed by atoms with Crippen molar-refractivity contribution in [2.45, 2.75) is 70.4 Å². The number of amides is 1. The van der Waals surface area contributed by atoms with E-state index in [-0.39, 0.29) is 11.3 Å². The first-order valence-electron chi connectivity index (χ1n) is 13.4. The van der Waals surface area contributed by atoms with Crippen molar-refractivity contribution < 1.29 is 4.79 Å². The van der Waals surface area contributed by atoms with E-state index < -0.39 is 0 Å². The number of fused-ring (bicyclic) bond motifs is 2. The summed E-state index contributed by atoms with van der Waals surface area (Å²) in [6.07, 6.45) is 4.41. The van der Waals surface area contributed by atoms with Crippen LogP contribution in [-0.2, 0) is 16.8 Å². The molecule has 0 unspecified atom stereocenters. The lowest BCUT2D eigenvalue weighted by molar-refractivity contribution is -0.142. The highest BCUT2D eigenvalue weighted by Gasteiger charge is 2.52. The Bertz CT molecular complexity index is 1000. The zero-order valence-electron chi connectivity index (χ0n) is 21.1. The van der Waals surface area contributed by atoms with Crippen LogP contribution in [-0.4, -0.2) is 43.0 Å². The van der Waals surface area contributed by atoms with Crippen LogP contribution in [0.15, 0.2) is 48.5 Å². The molecule has 2 aromatic carbocycles.